The standard InChI is InChI=1S/C28H38N2O5/c1-6-33-23-15-26(22-14-24(32-5)18-29-17-22)35-28(16-23)9-11-30(12-10-28)27(31)21-7-8-25(20(4)13-21)34-19(2)3/h7-8,13-14,17-19,23,26H,6,9-12,15-16H2,1-5H3/t23-,26-/m1/s1. The molecule has 7 nitrogen and oxygen atoms in total. The Morgan fingerprint density at radius 2 is 2.00 bits per heavy atom. The van der Waals surface area contributed by atoms with Crippen molar-refractivity contribution in [3.05, 3.63) is 53.3 Å². The van der Waals surface area contributed by atoms with Gasteiger partial charge in [0.1, 0.15) is 11.5 Å². The van der Waals surface area contributed by atoms with Gasteiger partial charge in [-0.15, -0.1) is 0 Å². The summed E-state index contributed by atoms with van der Waals surface area (Å²) in [5.74, 6) is 1.61. The molecule has 190 valence electrons. The van der Waals surface area contributed by atoms with Gasteiger partial charge in [-0.25, -0.2) is 0 Å². The van der Waals surface area contributed by atoms with E-state index in [1.807, 2.05) is 63.1 Å². The Bertz CT molecular complexity index is 1020. The van der Waals surface area contributed by atoms with Crippen LogP contribution in [0.1, 0.15) is 74.0 Å². The zero-order valence-corrected chi connectivity index (χ0v) is 21.6. The lowest BCUT2D eigenvalue weighted by Gasteiger charge is -2.48. The molecule has 1 aromatic carbocycles. The van der Waals surface area contributed by atoms with Crippen LogP contribution in [0.4, 0.5) is 0 Å². The first-order chi connectivity index (χ1) is 16.8. The van der Waals surface area contributed by atoms with E-state index in [1.54, 1.807) is 13.3 Å². The summed E-state index contributed by atoms with van der Waals surface area (Å²) in [5, 5.41) is 0. The summed E-state index contributed by atoms with van der Waals surface area (Å²) < 4.78 is 24.0. The number of pyridine rings is 1. The SMILES string of the molecule is CCO[C@@H]1C[C@H](c2cncc(OC)c2)OC2(CCN(C(=O)c3ccc(OC(C)C)c(C)c3)CC2)C1. The molecule has 0 unspecified atom stereocenters. The zero-order valence-electron chi connectivity index (χ0n) is 21.6. The van der Waals surface area contributed by atoms with Crippen molar-refractivity contribution >= 4 is 5.91 Å². The predicted octanol–water partition coefficient (Wildman–Crippen LogP) is 5.12. The van der Waals surface area contributed by atoms with Crippen LogP contribution in [0.2, 0.25) is 0 Å². The molecule has 2 saturated heterocycles. The third-order valence-electron chi connectivity index (χ3n) is 6.96. The molecule has 2 atom stereocenters. The van der Waals surface area contributed by atoms with E-state index in [2.05, 4.69) is 4.98 Å². The number of methoxy groups -OCH3 is 1. The topological polar surface area (TPSA) is 70.1 Å². The molecule has 2 aliphatic heterocycles. The van der Waals surface area contributed by atoms with Gasteiger partial charge in [0.05, 0.1) is 37.2 Å². The Hall–Kier alpha value is -2.64. The molecule has 2 aromatic rings. The number of hydrogen-bond donors (Lipinski definition) is 0. The molecule has 7 heteroatoms. The Kier molecular flexibility index (Phi) is 7.97. The number of nitrogens with zero attached hydrogens (tertiary/aromatic N) is 2. The van der Waals surface area contributed by atoms with Crippen molar-refractivity contribution in [2.75, 3.05) is 26.8 Å². The Morgan fingerprint density at radius 1 is 1.23 bits per heavy atom. The number of ether oxygens (including phenoxy) is 4. The molecular formula is C28H38N2O5. The largest absolute Gasteiger partial charge is 0.495 e. The Balaban J connectivity index is 1.45. The maximum absolute atomic E-state index is 13.3. The summed E-state index contributed by atoms with van der Waals surface area (Å²) in [6.45, 7) is 10.0. The minimum atomic E-state index is -0.312. The Morgan fingerprint density at radius 3 is 2.66 bits per heavy atom. The molecule has 2 aliphatic rings. The number of amides is 1. The van der Waals surface area contributed by atoms with Crippen molar-refractivity contribution in [1.82, 2.24) is 9.88 Å². The first-order valence-electron chi connectivity index (χ1n) is 12.7. The number of carbonyl (C=O) groups excluding carboxylic acids is 1. The van der Waals surface area contributed by atoms with Crippen LogP contribution in [0.3, 0.4) is 0 Å². The maximum atomic E-state index is 13.3. The summed E-state index contributed by atoms with van der Waals surface area (Å²) in [7, 11) is 1.64. The van der Waals surface area contributed by atoms with E-state index >= 15 is 0 Å². The lowest BCUT2D eigenvalue weighted by atomic mass is 9.80. The van der Waals surface area contributed by atoms with Crippen molar-refractivity contribution in [3.8, 4) is 11.5 Å². The lowest BCUT2D eigenvalue weighted by Crippen LogP contribution is -2.52. The fourth-order valence-electron chi connectivity index (χ4n) is 5.22. The summed E-state index contributed by atoms with van der Waals surface area (Å²) in [4.78, 5) is 19.5. The number of carbonyl (C=O) groups is 1. The zero-order chi connectivity index (χ0) is 25.0. The fraction of sp³-hybridized carbons (Fsp3) is 0.571. The van der Waals surface area contributed by atoms with Crippen molar-refractivity contribution in [1.29, 1.82) is 0 Å². The minimum absolute atomic E-state index is 0.0600. The van der Waals surface area contributed by atoms with E-state index < -0.39 is 0 Å². The van der Waals surface area contributed by atoms with Gasteiger partial charge in [-0.2, -0.15) is 0 Å². The molecular weight excluding hydrogens is 444 g/mol. The minimum Gasteiger partial charge on any atom is -0.495 e. The summed E-state index contributed by atoms with van der Waals surface area (Å²) in [6.07, 6.45) is 6.85. The van der Waals surface area contributed by atoms with Gasteiger partial charge < -0.3 is 23.8 Å². The van der Waals surface area contributed by atoms with Crippen LogP contribution in [0.15, 0.2) is 36.7 Å². The van der Waals surface area contributed by atoms with Crippen LogP contribution >= 0.6 is 0 Å². The van der Waals surface area contributed by atoms with Gasteiger partial charge in [0.2, 0.25) is 0 Å². The maximum Gasteiger partial charge on any atom is 0.253 e. The average molecular weight is 483 g/mol. The van der Waals surface area contributed by atoms with Gasteiger partial charge in [0.15, 0.2) is 0 Å². The molecule has 0 bridgehead atoms. The molecule has 2 fully saturated rings. The van der Waals surface area contributed by atoms with Gasteiger partial charge in [-0.05, 0) is 70.4 Å². The number of piperidine rings is 1. The second kappa shape index (κ2) is 11.0. The quantitative estimate of drug-likeness (QED) is 0.546. The van der Waals surface area contributed by atoms with Crippen molar-refractivity contribution in [2.24, 2.45) is 0 Å². The van der Waals surface area contributed by atoms with Crippen LogP contribution in [0.25, 0.3) is 0 Å². The van der Waals surface area contributed by atoms with Crippen molar-refractivity contribution in [2.45, 2.75) is 77.3 Å². The molecule has 1 amide bonds. The number of benzene rings is 1. The smallest absolute Gasteiger partial charge is 0.253 e. The highest BCUT2D eigenvalue weighted by molar-refractivity contribution is 5.94. The van der Waals surface area contributed by atoms with E-state index in [4.69, 9.17) is 18.9 Å². The summed E-state index contributed by atoms with van der Waals surface area (Å²) in [6, 6.07) is 7.69. The number of rotatable bonds is 7. The van der Waals surface area contributed by atoms with Crippen LogP contribution in [-0.4, -0.2) is 60.4 Å². The third-order valence-corrected chi connectivity index (χ3v) is 6.96. The summed E-state index contributed by atoms with van der Waals surface area (Å²) in [5.41, 5.74) is 2.37. The van der Waals surface area contributed by atoms with Crippen LogP contribution in [0, 0.1) is 6.92 Å². The number of aromatic nitrogens is 1. The third kappa shape index (κ3) is 5.96. The second-order valence-corrected chi connectivity index (χ2v) is 9.90. The van der Waals surface area contributed by atoms with E-state index in [0.29, 0.717) is 25.3 Å². The number of hydrogen-bond acceptors (Lipinski definition) is 6. The molecule has 0 aliphatic carbocycles. The average Bonchev–Trinajstić information content (AvgIpc) is 2.85. The van der Waals surface area contributed by atoms with E-state index in [0.717, 1.165) is 48.3 Å². The van der Waals surface area contributed by atoms with E-state index in [-0.39, 0.29) is 29.8 Å². The highest BCUT2D eigenvalue weighted by Crippen LogP contribution is 2.44. The van der Waals surface area contributed by atoms with Gasteiger partial charge in [-0.3, -0.25) is 9.78 Å². The monoisotopic (exact) mass is 482 g/mol. The molecule has 1 aromatic heterocycles. The molecule has 35 heavy (non-hydrogen) atoms. The van der Waals surface area contributed by atoms with E-state index in [9.17, 15) is 4.79 Å². The highest BCUT2D eigenvalue weighted by atomic mass is 16.5. The van der Waals surface area contributed by atoms with Crippen LogP contribution in [-0.2, 0) is 9.47 Å². The second-order valence-electron chi connectivity index (χ2n) is 9.90. The molecule has 0 saturated carbocycles. The first kappa shape index (κ1) is 25.5. The number of aryl methyl sites for hydroxylation is 1. The first-order valence-corrected chi connectivity index (χ1v) is 12.7. The molecule has 3 heterocycles. The van der Waals surface area contributed by atoms with Gasteiger partial charge >= 0.3 is 0 Å². The van der Waals surface area contributed by atoms with Gasteiger partial charge in [0, 0.05) is 49.9 Å². The van der Waals surface area contributed by atoms with Crippen LogP contribution in [0.5, 0.6) is 11.5 Å². The predicted molar refractivity (Wildman–Crippen MR) is 134 cm³/mol. The number of likely N-dealkylation sites (tertiary alicyclic amines) is 1. The van der Waals surface area contributed by atoms with Crippen LogP contribution < -0.4 is 9.47 Å². The molecule has 4 rings (SSSR count). The van der Waals surface area contributed by atoms with Gasteiger partial charge in [-0.1, -0.05) is 0 Å². The van der Waals surface area contributed by atoms with Crippen molar-refractivity contribution in [3.63, 3.8) is 0 Å². The summed E-state index contributed by atoms with van der Waals surface area (Å²) >= 11 is 0. The molecule has 0 N–H and O–H groups in total. The molecule has 1 spiro atoms. The fourth-order valence-corrected chi connectivity index (χ4v) is 5.22. The van der Waals surface area contributed by atoms with Gasteiger partial charge in [0.25, 0.3) is 5.91 Å². The molecule has 0 radical (unpaired) electrons. The van der Waals surface area contributed by atoms with Crippen molar-refractivity contribution < 1.29 is 23.7 Å². The van der Waals surface area contributed by atoms with E-state index in [1.165, 1.54) is 0 Å². The lowest BCUT2D eigenvalue weighted by molar-refractivity contribution is -0.190. The highest BCUT2D eigenvalue weighted by Gasteiger charge is 2.45. The Labute approximate surface area is 208 Å². The normalized spacial score (nSPS) is 21.8.